The molecule has 9 heteroatoms. The Morgan fingerprint density at radius 2 is 1.59 bits per heavy atom. The van der Waals surface area contributed by atoms with Crippen molar-refractivity contribution in [2.24, 2.45) is 23.7 Å². The van der Waals surface area contributed by atoms with Gasteiger partial charge in [-0.1, -0.05) is 70.1 Å². The second kappa shape index (κ2) is 14.3. The van der Waals surface area contributed by atoms with Gasteiger partial charge in [0.25, 0.3) is 0 Å². The molecule has 3 amide bonds. The van der Waals surface area contributed by atoms with Gasteiger partial charge in [-0.15, -0.1) is 0 Å². The van der Waals surface area contributed by atoms with Crippen LogP contribution in [0.15, 0.2) is 36.5 Å². The SMILES string of the molecule is CCCCCCCCCCNC(=O)OC(CN1CCN(c2ccccn2)CC1)CN1C(=O)C2C3C=CC(C3)C2C1=O. The van der Waals surface area contributed by atoms with E-state index in [0.717, 1.165) is 51.3 Å². The highest BCUT2D eigenvalue weighted by atomic mass is 16.6. The van der Waals surface area contributed by atoms with E-state index in [1.54, 1.807) is 6.20 Å². The fourth-order valence-electron chi connectivity index (χ4n) is 7.11. The number of nitrogens with zero attached hydrogens (tertiary/aromatic N) is 4. The molecule has 2 aliphatic carbocycles. The summed E-state index contributed by atoms with van der Waals surface area (Å²) in [5.41, 5.74) is 0. The van der Waals surface area contributed by atoms with Crippen molar-refractivity contribution in [3.63, 3.8) is 0 Å². The molecule has 3 fully saturated rings. The summed E-state index contributed by atoms with van der Waals surface area (Å²) >= 11 is 0. The largest absolute Gasteiger partial charge is 0.443 e. The molecule has 1 aromatic heterocycles. The number of allylic oxidation sites excluding steroid dienone is 2. The lowest BCUT2D eigenvalue weighted by Gasteiger charge is -2.37. The summed E-state index contributed by atoms with van der Waals surface area (Å²) in [5.74, 6) is 0.630. The Bertz CT molecular complexity index is 1030. The van der Waals surface area contributed by atoms with Gasteiger partial charge in [-0.2, -0.15) is 0 Å². The van der Waals surface area contributed by atoms with Crippen LogP contribution in [0.2, 0.25) is 0 Å². The number of hydrogen-bond acceptors (Lipinski definition) is 7. The molecule has 9 nitrogen and oxygen atoms in total. The summed E-state index contributed by atoms with van der Waals surface area (Å²) in [6.07, 6.45) is 15.5. The maximum Gasteiger partial charge on any atom is 0.407 e. The zero-order valence-electron chi connectivity index (χ0n) is 24.6. The molecule has 0 spiro atoms. The average Bonchev–Trinajstić information content (AvgIpc) is 3.67. The zero-order valence-corrected chi connectivity index (χ0v) is 24.6. The first-order valence-electron chi connectivity index (χ1n) is 15.9. The summed E-state index contributed by atoms with van der Waals surface area (Å²) in [6.45, 7) is 6.61. The number of anilines is 1. The van der Waals surface area contributed by atoms with Crippen LogP contribution in [0.4, 0.5) is 10.6 Å². The van der Waals surface area contributed by atoms with Gasteiger partial charge in [0.15, 0.2) is 0 Å². The highest BCUT2D eigenvalue weighted by Crippen LogP contribution is 2.52. The van der Waals surface area contributed by atoms with Crippen molar-refractivity contribution < 1.29 is 19.1 Å². The molecule has 2 bridgehead atoms. The molecular weight excluding hydrogens is 518 g/mol. The third-order valence-electron chi connectivity index (χ3n) is 9.33. The van der Waals surface area contributed by atoms with Gasteiger partial charge in [0.1, 0.15) is 11.9 Å². The van der Waals surface area contributed by atoms with Gasteiger partial charge in [0.2, 0.25) is 11.8 Å². The number of amides is 3. The number of rotatable bonds is 15. The molecule has 224 valence electrons. The number of aromatic nitrogens is 1. The van der Waals surface area contributed by atoms with Gasteiger partial charge >= 0.3 is 6.09 Å². The first-order valence-corrected chi connectivity index (χ1v) is 15.9. The fraction of sp³-hybridized carbons (Fsp3) is 0.688. The standard InChI is InChI=1S/C32H47N5O4/c1-2-3-4-5-6-7-8-10-16-34-32(40)41-26(22-35-17-19-36(20-18-35)27-12-9-11-15-33-27)23-37-30(38)28-24-13-14-25(21-24)29(28)31(37)39/h9,11-15,24-26,28-29H,2-8,10,16-23H2,1H3,(H,34,40). The number of imide groups is 1. The minimum atomic E-state index is -0.577. The van der Waals surface area contributed by atoms with Crippen LogP contribution < -0.4 is 10.2 Å². The van der Waals surface area contributed by atoms with Gasteiger partial charge in [-0.05, 0) is 36.8 Å². The number of carbonyl (C=O) groups excluding carboxylic acids is 3. The molecule has 1 N–H and O–H groups in total. The van der Waals surface area contributed by atoms with E-state index in [4.69, 9.17) is 4.74 Å². The number of unbranched alkanes of at least 4 members (excludes halogenated alkanes) is 7. The van der Waals surface area contributed by atoms with Gasteiger partial charge in [-0.25, -0.2) is 9.78 Å². The third-order valence-corrected chi connectivity index (χ3v) is 9.33. The highest BCUT2D eigenvalue weighted by molar-refractivity contribution is 6.06. The van der Waals surface area contributed by atoms with Gasteiger partial charge in [-0.3, -0.25) is 19.4 Å². The quantitative estimate of drug-likeness (QED) is 0.193. The van der Waals surface area contributed by atoms with Crippen molar-refractivity contribution in [1.29, 1.82) is 0 Å². The van der Waals surface area contributed by atoms with Crippen molar-refractivity contribution in [2.45, 2.75) is 70.8 Å². The van der Waals surface area contributed by atoms with E-state index < -0.39 is 12.2 Å². The molecule has 0 radical (unpaired) electrons. The first kappa shape index (κ1) is 29.5. The van der Waals surface area contributed by atoms with Crippen molar-refractivity contribution in [3.05, 3.63) is 36.5 Å². The van der Waals surface area contributed by atoms with E-state index in [0.29, 0.717) is 13.1 Å². The van der Waals surface area contributed by atoms with E-state index in [1.165, 1.54) is 43.4 Å². The summed E-state index contributed by atoms with van der Waals surface area (Å²) in [4.78, 5) is 49.9. The van der Waals surface area contributed by atoms with Gasteiger partial charge < -0.3 is 15.0 Å². The van der Waals surface area contributed by atoms with Crippen LogP contribution in [-0.2, 0) is 14.3 Å². The Balaban J connectivity index is 1.12. The van der Waals surface area contributed by atoms with Crippen molar-refractivity contribution in [3.8, 4) is 0 Å². The minimum Gasteiger partial charge on any atom is -0.443 e. The molecule has 1 saturated carbocycles. The Hall–Kier alpha value is -2.94. The van der Waals surface area contributed by atoms with Gasteiger partial charge in [0.05, 0.1) is 18.4 Å². The molecular formula is C32H47N5O4. The summed E-state index contributed by atoms with van der Waals surface area (Å²) in [6, 6.07) is 5.92. The number of fused-ring (bicyclic) bond motifs is 5. The number of likely N-dealkylation sites (tertiary alicyclic amines) is 1. The molecule has 41 heavy (non-hydrogen) atoms. The topological polar surface area (TPSA) is 95.1 Å². The Labute approximate surface area is 244 Å². The maximum absolute atomic E-state index is 13.3. The summed E-state index contributed by atoms with van der Waals surface area (Å²) in [5, 5.41) is 2.91. The number of piperazine rings is 1. The lowest BCUT2D eigenvalue weighted by Crippen LogP contribution is -2.52. The second-order valence-corrected chi connectivity index (χ2v) is 12.2. The summed E-state index contributed by atoms with van der Waals surface area (Å²) < 4.78 is 5.91. The van der Waals surface area contributed by atoms with E-state index in [-0.39, 0.29) is 42.0 Å². The van der Waals surface area contributed by atoms with Crippen LogP contribution in [0.1, 0.15) is 64.7 Å². The molecule has 5 atom stereocenters. The number of pyridine rings is 1. The number of ether oxygens (including phenoxy) is 1. The predicted molar refractivity (Wildman–Crippen MR) is 158 cm³/mol. The van der Waals surface area contributed by atoms with Crippen LogP contribution in [0.25, 0.3) is 0 Å². The van der Waals surface area contributed by atoms with Crippen LogP contribution >= 0.6 is 0 Å². The molecule has 5 rings (SSSR count). The minimum absolute atomic E-state index is 0.0928. The Kier molecular flexibility index (Phi) is 10.3. The smallest absolute Gasteiger partial charge is 0.407 e. The second-order valence-electron chi connectivity index (χ2n) is 12.2. The lowest BCUT2D eigenvalue weighted by molar-refractivity contribution is -0.142. The number of hydrogen-bond donors (Lipinski definition) is 1. The predicted octanol–water partition coefficient (Wildman–Crippen LogP) is 4.25. The molecule has 1 aromatic rings. The van der Waals surface area contributed by atoms with Crippen molar-refractivity contribution in [2.75, 3.05) is 50.7 Å². The molecule has 3 heterocycles. The lowest BCUT2D eigenvalue weighted by atomic mass is 9.85. The fourth-order valence-corrected chi connectivity index (χ4v) is 7.11. The maximum atomic E-state index is 13.3. The number of alkyl carbamates (subject to hydrolysis) is 1. The molecule has 4 aliphatic rings. The monoisotopic (exact) mass is 565 g/mol. The molecule has 5 unspecified atom stereocenters. The normalized spacial score (nSPS) is 26.1. The summed E-state index contributed by atoms with van der Waals surface area (Å²) in [7, 11) is 0. The van der Waals surface area contributed by atoms with Crippen molar-refractivity contribution >= 4 is 23.7 Å². The van der Waals surface area contributed by atoms with E-state index >= 15 is 0 Å². The van der Waals surface area contributed by atoms with Crippen LogP contribution in [0, 0.1) is 23.7 Å². The first-order chi connectivity index (χ1) is 20.0. The average molecular weight is 566 g/mol. The van der Waals surface area contributed by atoms with Crippen LogP contribution in [0.3, 0.4) is 0 Å². The van der Waals surface area contributed by atoms with E-state index in [1.807, 2.05) is 18.2 Å². The van der Waals surface area contributed by atoms with Crippen LogP contribution in [0.5, 0.6) is 0 Å². The Morgan fingerprint density at radius 3 is 2.22 bits per heavy atom. The van der Waals surface area contributed by atoms with E-state index in [2.05, 4.69) is 39.2 Å². The van der Waals surface area contributed by atoms with Gasteiger partial charge in [0, 0.05) is 45.5 Å². The molecule has 2 saturated heterocycles. The zero-order chi connectivity index (χ0) is 28.6. The van der Waals surface area contributed by atoms with Crippen LogP contribution in [-0.4, -0.2) is 84.6 Å². The number of nitrogens with one attached hydrogen (secondary N) is 1. The third kappa shape index (κ3) is 7.29. The van der Waals surface area contributed by atoms with Crippen molar-refractivity contribution in [1.82, 2.24) is 20.1 Å². The van der Waals surface area contributed by atoms with E-state index in [9.17, 15) is 14.4 Å². The highest BCUT2D eigenvalue weighted by Gasteiger charge is 2.59. The number of carbonyl (C=O) groups is 3. The Morgan fingerprint density at radius 1 is 0.927 bits per heavy atom. The molecule has 2 aliphatic heterocycles. The molecule has 0 aromatic carbocycles.